The Hall–Kier alpha value is -3.27. The highest BCUT2D eigenvalue weighted by Gasteiger charge is 2.26. The van der Waals surface area contributed by atoms with Crippen LogP contribution in [-0.4, -0.2) is 23.0 Å². The fourth-order valence-corrected chi connectivity index (χ4v) is 5.90. The van der Waals surface area contributed by atoms with E-state index in [1.165, 1.54) is 27.8 Å². The van der Waals surface area contributed by atoms with Crippen molar-refractivity contribution in [3.05, 3.63) is 88.5 Å². The van der Waals surface area contributed by atoms with E-state index in [4.69, 9.17) is 4.74 Å². The van der Waals surface area contributed by atoms with Crippen LogP contribution in [0.5, 0.6) is 17.2 Å². The first-order valence-corrected chi connectivity index (χ1v) is 13.2. The molecule has 5 rings (SSSR count). The van der Waals surface area contributed by atoms with Gasteiger partial charge in [-0.15, -0.1) is 0 Å². The van der Waals surface area contributed by atoms with Crippen molar-refractivity contribution in [2.45, 2.75) is 64.4 Å². The fraction of sp³-hybridized carbons (Fsp3) is 0.375. The van der Waals surface area contributed by atoms with Crippen LogP contribution in [0.3, 0.4) is 0 Å². The highest BCUT2D eigenvalue weighted by molar-refractivity contribution is 6.00. The van der Waals surface area contributed by atoms with E-state index in [0.29, 0.717) is 12.3 Å². The maximum Gasteiger partial charge on any atom is 0.158 e. The molecule has 0 bridgehead atoms. The third-order valence-corrected chi connectivity index (χ3v) is 7.71. The van der Waals surface area contributed by atoms with Gasteiger partial charge in [0.25, 0.3) is 0 Å². The molecule has 188 valence electrons. The second kappa shape index (κ2) is 10.8. The van der Waals surface area contributed by atoms with Crippen LogP contribution < -0.4 is 4.74 Å². The van der Waals surface area contributed by atoms with Crippen LogP contribution in [0, 0.1) is 12.8 Å². The summed E-state index contributed by atoms with van der Waals surface area (Å²) in [4.78, 5) is 0. The lowest BCUT2D eigenvalue weighted by Gasteiger charge is -2.18. The average Bonchev–Trinajstić information content (AvgIpc) is 3.23. The van der Waals surface area contributed by atoms with E-state index >= 15 is 0 Å². The Bertz CT molecular complexity index is 1240. The van der Waals surface area contributed by atoms with Crippen molar-refractivity contribution in [3.63, 3.8) is 0 Å². The topological polar surface area (TPSA) is 49.7 Å². The number of halogens is 1. The monoisotopic (exact) mass is 486 g/mol. The highest BCUT2D eigenvalue weighted by atomic mass is 19.1. The van der Waals surface area contributed by atoms with Crippen LogP contribution in [0.1, 0.15) is 72.8 Å². The minimum absolute atomic E-state index is 0.0992. The maximum absolute atomic E-state index is 12.5. The molecule has 3 nitrogen and oxygen atoms in total. The number of fused-ring (bicyclic) bond motifs is 1. The maximum atomic E-state index is 12.5. The number of phenols is 2. The smallest absolute Gasteiger partial charge is 0.158 e. The summed E-state index contributed by atoms with van der Waals surface area (Å²) < 4.78 is 18.8. The zero-order valence-electron chi connectivity index (χ0n) is 21.0. The molecule has 4 heteroatoms. The standard InChI is InChI=1S/C32H35FO3/c1-21-7-15-29-24(18-21)5-2-6-28(25-11-16-30(34)31(35)20-25)32(29)23-9-13-26(14-10-23)36-27-12-8-22(19-27)4-3-17-33/h7,9-11,13-16,18,20,22,27,34-35H,2-6,8,12,17,19H2,1H3. The Balaban J connectivity index is 1.48. The zero-order valence-corrected chi connectivity index (χ0v) is 21.0. The minimum atomic E-state index is -0.228. The van der Waals surface area contributed by atoms with E-state index in [2.05, 4.69) is 49.4 Å². The molecule has 2 atom stereocenters. The first kappa shape index (κ1) is 24.4. The number of allylic oxidation sites excluding steroid dienone is 1. The molecule has 0 heterocycles. The van der Waals surface area contributed by atoms with Gasteiger partial charge in [0.15, 0.2) is 11.5 Å². The summed E-state index contributed by atoms with van der Waals surface area (Å²) in [5, 5.41) is 20.1. The number of ether oxygens (including phenoxy) is 1. The Labute approximate surface area is 213 Å². The number of rotatable bonds is 7. The van der Waals surface area contributed by atoms with E-state index in [1.54, 1.807) is 12.1 Å². The highest BCUT2D eigenvalue weighted by Crippen LogP contribution is 2.42. The largest absolute Gasteiger partial charge is 0.504 e. The van der Waals surface area contributed by atoms with Crippen LogP contribution in [0.15, 0.2) is 60.7 Å². The first-order chi connectivity index (χ1) is 17.5. The lowest BCUT2D eigenvalue weighted by molar-refractivity contribution is 0.202. The van der Waals surface area contributed by atoms with Crippen LogP contribution in [0.4, 0.5) is 4.39 Å². The van der Waals surface area contributed by atoms with Gasteiger partial charge in [-0.2, -0.15) is 0 Å². The Kier molecular flexibility index (Phi) is 7.31. The number of aromatic hydroxyl groups is 2. The van der Waals surface area contributed by atoms with Crippen molar-refractivity contribution in [3.8, 4) is 17.2 Å². The number of alkyl halides is 1. The summed E-state index contributed by atoms with van der Waals surface area (Å²) in [5.74, 6) is 1.24. The van der Waals surface area contributed by atoms with Crippen molar-refractivity contribution in [2.24, 2.45) is 5.92 Å². The Morgan fingerprint density at radius 1 is 0.889 bits per heavy atom. The van der Waals surface area contributed by atoms with Crippen LogP contribution >= 0.6 is 0 Å². The van der Waals surface area contributed by atoms with Gasteiger partial charge in [0.1, 0.15) is 5.75 Å². The molecule has 0 spiro atoms. The normalized spacial score (nSPS) is 19.7. The van der Waals surface area contributed by atoms with E-state index in [9.17, 15) is 14.6 Å². The van der Waals surface area contributed by atoms with Gasteiger partial charge in [0.05, 0.1) is 12.8 Å². The van der Waals surface area contributed by atoms with E-state index in [0.717, 1.165) is 61.8 Å². The number of benzene rings is 3. The van der Waals surface area contributed by atoms with Gasteiger partial charge < -0.3 is 14.9 Å². The summed E-state index contributed by atoms with van der Waals surface area (Å²) in [6.07, 6.45) is 7.88. The Morgan fingerprint density at radius 2 is 1.69 bits per heavy atom. The fourth-order valence-electron chi connectivity index (χ4n) is 5.90. The van der Waals surface area contributed by atoms with Crippen LogP contribution in [0.25, 0.3) is 11.1 Å². The molecule has 0 aromatic heterocycles. The molecule has 0 aliphatic heterocycles. The van der Waals surface area contributed by atoms with Gasteiger partial charge in [-0.25, -0.2) is 0 Å². The van der Waals surface area contributed by atoms with Crippen molar-refractivity contribution in [2.75, 3.05) is 6.67 Å². The van der Waals surface area contributed by atoms with Crippen molar-refractivity contribution in [1.82, 2.24) is 0 Å². The number of hydrogen-bond donors (Lipinski definition) is 2. The van der Waals surface area contributed by atoms with Gasteiger partial charge in [-0.1, -0.05) is 42.0 Å². The molecule has 2 unspecified atom stereocenters. The summed E-state index contributed by atoms with van der Waals surface area (Å²) in [6, 6.07) is 20.2. The summed E-state index contributed by atoms with van der Waals surface area (Å²) in [6.45, 7) is 1.90. The third kappa shape index (κ3) is 5.28. The molecule has 3 aromatic rings. The third-order valence-electron chi connectivity index (χ3n) is 7.71. The predicted octanol–water partition coefficient (Wildman–Crippen LogP) is 8.00. The van der Waals surface area contributed by atoms with E-state index in [1.807, 2.05) is 6.07 Å². The second-order valence-electron chi connectivity index (χ2n) is 10.3. The lowest BCUT2D eigenvalue weighted by atomic mass is 9.87. The molecule has 2 aliphatic carbocycles. The first-order valence-electron chi connectivity index (χ1n) is 13.2. The van der Waals surface area contributed by atoms with Crippen LogP contribution in [0.2, 0.25) is 0 Å². The summed E-state index contributed by atoms with van der Waals surface area (Å²) in [5.41, 5.74) is 8.21. The number of phenolic OH excluding ortho intramolecular Hbond substituents is 2. The van der Waals surface area contributed by atoms with Crippen molar-refractivity contribution >= 4 is 11.1 Å². The molecular formula is C32H35FO3. The zero-order chi connectivity index (χ0) is 25.1. The van der Waals surface area contributed by atoms with Gasteiger partial charge in [0.2, 0.25) is 0 Å². The van der Waals surface area contributed by atoms with Gasteiger partial charge in [-0.05, 0) is 122 Å². The average molecular weight is 487 g/mol. The SMILES string of the molecule is Cc1ccc2c(c1)CCCC(c1ccc(O)c(O)c1)=C2c1ccc(OC2CCC(CCCF)C2)cc1. The summed E-state index contributed by atoms with van der Waals surface area (Å²) >= 11 is 0. The molecule has 0 amide bonds. The molecule has 0 saturated heterocycles. The molecule has 3 aromatic carbocycles. The number of hydrogen-bond acceptors (Lipinski definition) is 3. The molecule has 36 heavy (non-hydrogen) atoms. The minimum Gasteiger partial charge on any atom is -0.504 e. The van der Waals surface area contributed by atoms with Gasteiger partial charge in [-0.3, -0.25) is 4.39 Å². The van der Waals surface area contributed by atoms with Crippen molar-refractivity contribution < 1.29 is 19.3 Å². The molecule has 1 fully saturated rings. The molecular weight excluding hydrogens is 451 g/mol. The summed E-state index contributed by atoms with van der Waals surface area (Å²) in [7, 11) is 0. The van der Waals surface area contributed by atoms with E-state index < -0.39 is 0 Å². The van der Waals surface area contributed by atoms with Gasteiger partial charge >= 0.3 is 0 Å². The van der Waals surface area contributed by atoms with E-state index in [-0.39, 0.29) is 24.3 Å². The Morgan fingerprint density at radius 3 is 2.47 bits per heavy atom. The molecule has 0 radical (unpaired) electrons. The predicted molar refractivity (Wildman–Crippen MR) is 143 cm³/mol. The number of aryl methyl sites for hydroxylation is 2. The van der Waals surface area contributed by atoms with Gasteiger partial charge in [0, 0.05) is 0 Å². The quantitative estimate of drug-likeness (QED) is 0.333. The molecule has 1 saturated carbocycles. The van der Waals surface area contributed by atoms with Crippen molar-refractivity contribution in [1.29, 1.82) is 0 Å². The van der Waals surface area contributed by atoms with Crippen LogP contribution in [-0.2, 0) is 6.42 Å². The second-order valence-corrected chi connectivity index (χ2v) is 10.3. The lowest BCUT2D eigenvalue weighted by Crippen LogP contribution is -2.12. The molecule has 2 aliphatic rings. The molecule has 2 N–H and O–H groups in total.